The maximum Gasteiger partial charge on any atom is 0.119 e. The number of benzene rings is 1. The van der Waals surface area contributed by atoms with E-state index in [0.717, 1.165) is 24.8 Å². The molecule has 0 bridgehead atoms. The lowest BCUT2D eigenvalue weighted by Gasteiger charge is -2.23. The fourth-order valence-electron chi connectivity index (χ4n) is 2.35. The van der Waals surface area contributed by atoms with Gasteiger partial charge in [0.05, 0.1) is 6.10 Å². The molecule has 1 aromatic carbocycles. The molecular formula is C14H19NO. The van der Waals surface area contributed by atoms with Crippen molar-refractivity contribution < 1.29 is 4.74 Å². The van der Waals surface area contributed by atoms with Gasteiger partial charge in [-0.25, -0.2) is 0 Å². The minimum Gasteiger partial charge on any atom is -0.490 e. The molecule has 0 spiro atoms. The monoisotopic (exact) mass is 217 g/mol. The predicted octanol–water partition coefficient (Wildman–Crippen LogP) is 2.69. The van der Waals surface area contributed by atoms with Crippen molar-refractivity contribution in [1.29, 1.82) is 0 Å². The summed E-state index contributed by atoms with van der Waals surface area (Å²) in [5.41, 5.74) is 1.48. The van der Waals surface area contributed by atoms with Gasteiger partial charge < -0.3 is 10.1 Å². The molecule has 1 N–H and O–H groups in total. The van der Waals surface area contributed by atoms with Gasteiger partial charge in [0.1, 0.15) is 5.75 Å². The van der Waals surface area contributed by atoms with Gasteiger partial charge in [-0.2, -0.15) is 0 Å². The fourth-order valence-corrected chi connectivity index (χ4v) is 2.35. The van der Waals surface area contributed by atoms with Crippen LogP contribution in [-0.2, 0) is 0 Å². The SMILES string of the molecule is c1cc(C2CCNCC2)ccc1OC1CC1. The second-order valence-corrected chi connectivity index (χ2v) is 4.91. The molecule has 2 heteroatoms. The van der Waals surface area contributed by atoms with Crippen LogP contribution >= 0.6 is 0 Å². The van der Waals surface area contributed by atoms with Crippen molar-refractivity contribution in [3.63, 3.8) is 0 Å². The summed E-state index contributed by atoms with van der Waals surface area (Å²) in [6, 6.07) is 8.76. The third-order valence-electron chi connectivity index (χ3n) is 3.52. The van der Waals surface area contributed by atoms with Crippen LogP contribution in [0, 0.1) is 0 Å². The molecule has 3 rings (SSSR count). The lowest BCUT2D eigenvalue weighted by Crippen LogP contribution is -2.26. The Balaban J connectivity index is 1.65. The van der Waals surface area contributed by atoms with Gasteiger partial charge in [-0.05, 0) is 62.4 Å². The van der Waals surface area contributed by atoms with Crippen molar-refractivity contribution >= 4 is 0 Å². The van der Waals surface area contributed by atoms with E-state index < -0.39 is 0 Å². The van der Waals surface area contributed by atoms with E-state index in [2.05, 4.69) is 29.6 Å². The van der Waals surface area contributed by atoms with E-state index >= 15 is 0 Å². The number of piperidine rings is 1. The third-order valence-corrected chi connectivity index (χ3v) is 3.52. The summed E-state index contributed by atoms with van der Waals surface area (Å²) >= 11 is 0. The summed E-state index contributed by atoms with van der Waals surface area (Å²) in [5, 5.41) is 3.41. The summed E-state index contributed by atoms with van der Waals surface area (Å²) in [5.74, 6) is 1.79. The lowest BCUT2D eigenvalue weighted by atomic mass is 9.90. The van der Waals surface area contributed by atoms with E-state index in [9.17, 15) is 0 Å². The van der Waals surface area contributed by atoms with Gasteiger partial charge in [0.15, 0.2) is 0 Å². The first kappa shape index (κ1) is 10.2. The number of rotatable bonds is 3. The normalized spacial score (nSPS) is 22.0. The zero-order valence-corrected chi connectivity index (χ0v) is 9.61. The Bertz CT molecular complexity index is 336. The molecule has 0 unspecified atom stereocenters. The molecule has 0 atom stereocenters. The highest BCUT2D eigenvalue weighted by atomic mass is 16.5. The van der Waals surface area contributed by atoms with Gasteiger partial charge >= 0.3 is 0 Å². The smallest absolute Gasteiger partial charge is 0.119 e. The minimum atomic E-state index is 0.504. The van der Waals surface area contributed by atoms with E-state index in [1.807, 2.05) is 0 Å². The van der Waals surface area contributed by atoms with Crippen LogP contribution in [-0.4, -0.2) is 19.2 Å². The Kier molecular flexibility index (Phi) is 2.83. The Labute approximate surface area is 97.0 Å². The van der Waals surface area contributed by atoms with E-state index in [0.29, 0.717) is 6.10 Å². The van der Waals surface area contributed by atoms with Crippen LogP contribution in [0.1, 0.15) is 37.2 Å². The van der Waals surface area contributed by atoms with Gasteiger partial charge in [-0.3, -0.25) is 0 Å². The Hall–Kier alpha value is -1.02. The van der Waals surface area contributed by atoms with Gasteiger partial charge in [0, 0.05) is 0 Å². The molecule has 2 nitrogen and oxygen atoms in total. The molecule has 1 aliphatic carbocycles. The molecule has 1 aromatic rings. The molecule has 2 fully saturated rings. The van der Waals surface area contributed by atoms with E-state index in [1.54, 1.807) is 0 Å². The van der Waals surface area contributed by atoms with Crippen LogP contribution in [0.4, 0.5) is 0 Å². The highest BCUT2D eigenvalue weighted by Gasteiger charge is 2.23. The Morgan fingerprint density at radius 2 is 1.62 bits per heavy atom. The Morgan fingerprint density at radius 1 is 0.938 bits per heavy atom. The zero-order chi connectivity index (χ0) is 10.8. The molecule has 1 aliphatic heterocycles. The van der Waals surface area contributed by atoms with Crippen molar-refractivity contribution in [3.05, 3.63) is 29.8 Å². The van der Waals surface area contributed by atoms with Gasteiger partial charge in [-0.1, -0.05) is 12.1 Å². The van der Waals surface area contributed by atoms with E-state index in [-0.39, 0.29) is 0 Å². The lowest BCUT2D eigenvalue weighted by molar-refractivity contribution is 0.303. The van der Waals surface area contributed by atoms with Gasteiger partial charge in [0.25, 0.3) is 0 Å². The van der Waals surface area contributed by atoms with Crippen molar-refractivity contribution in [1.82, 2.24) is 5.32 Å². The molecule has 0 aromatic heterocycles. The number of hydrogen-bond acceptors (Lipinski definition) is 2. The third kappa shape index (κ3) is 2.38. The first-order valence-corrected chi connectivity index (χ1v) is 6.39. The number of nitrogens with one attached hydrogen (secondary N) is 1. The molecule has 2 aliphatic rings. The van der Waals surface area contributed by atoms with Crippen LogP contribution in [0.3, 0.4) is 0 Å². The second kappa shape index (κ2) is 4.46. The first-order valence-electron chi connectivity index (χ1n) is 6.39. The van der Waals surface area contributed by atoms with Crippen LogP contribution in [0.15, 0.2) is 24.3 Å². The maximum atomic E-state index is 5.76. The van der Waals surface area contributed by atoms with Crippen LogP contribution in [0.25, 0.3) is 0 Å². The first-order chi connectivity index (χ1) is 7.92. The molecular weight excluding hydrogens is 198 g/mol. The van der Waals surface area contributed by atoms with Gasteiger partial charge in [0.2, 0.25) is 0 Å². The summed E-state index contributed by atoms with van der Waals surface area (Å²) in [6.07, 6.45) is 5.50. The summed E-state index contributed by atoms with van der Waals surface area (Å²) in [7, 11) is 0. The summed E-state index contributed by atoms with van der Waals surface area (Å²) in [6.45, 7) is 2.32. The standard InChI is InChI=1S/C14H19NO/c1-3-13(16-14-5-6-14)4-2-11(1)12-7-9-15-10-8-12/h1-4,12,14-15H,5-10H2. The van der Waals surface area contributed by atoms with Crippen LogP contribution in [0.5, 0.6) is 5.75 Å². The Morgan fingerprint density at radius 3 is 2.25 bits per heavy atom. The molecule has 1 saturated heterocycles. The van der Waals surface area contributed by atoms with Crippen molar-refractivity contribution in [3.8, 4) is 5.75 Å². The van der Waals surface area contributed by atoms with Crippen molar-refractivity contribution in [2.24, 2.45) is 0 Å². The molecule has 0 amide bonds. The highest BCUT2D eigenvalue weighted by molar-refractivity contribution is 5.30. The molecule has 1 saturated carbocycles. The fraction of sp³-hybridized carbons (Fsp3) is 0.571. The van der Waals surface area contributed by atoms with Crippen molar-refractivity contribution in [2.45, 2.75) is 37.7 Å². The van der Waals surface area contributed by atoms with Crippen molar-refractivity contribution in [2.75, 3.05) is 13.1 Å². The average Bonchev–Trinajstić information content (AvgIpc) is 3.15. The minimum absolute atomic E-state index is 0.504. The molecule has 0 radical (unpaired) electrons. The summed E-state index contributed by atoms with van der Waals surface area (Å²) in [4.78, 5) is 0. The second-order valence-electron chi connectivity index (χ2n) is 4.91. The van der Waals surface area contributed by atoms with Crippen LogP contribution in [0.2, 0.25) is 0 Å². The predicted molar refractivity (Wildman–Crippen MR) is 64.9 cm³/mol. The molecule has 16 heavy (non-hydrogen) atoms. The summed E-state index contributed by atoms with van der Waals surface area (Å²) < 4.78 is 5.76. The van der Waals surface area contributed by atoms with E-state index in [1.165, 1.54) is 31.2 Å². The molecule has 86 valence electrons. The average molecular weight is 217 g/mol. The zero-order valence-electron chi connectivity index (χ0n) is 9.61. The number of ether oxygens (including phenoxy) is 1. The largest absolute Gasteiger partial charge is 0.490 e. The number of hydrogen-bond donors (Lipinski definition) is 1. The quantitative estimate of drug-likeness (QED) is 0.840. The highest BCUT2D eigenvalue weighted by Crippen LogP contribution is 2.29. The topological polar surface area (TPSA) is 21.3 Å². The van der Waals surface area contributed by atoms with Gasteiger partial charge in [-0.15, -0.1) is 0 Å². The van der Waals surface area contributed by atoms with Crippen LogP contribution < -0.4 is 10.1 Å². The molecule has 1 heterocycles. The maximum absolute atomic E-state index is 5.76. The van der Waals surface area contributed by atoms with E-state index in [4.69, 9.17) is 4.74 Å².